The summed E-state index contributed by atoms with van der Waals surface area (Å²) in [5, 5.41) is 13.2. The van der Waals surface area contributed by atoms with Gasteiger partial charge in [-0.15, -0.1) is 0 Å². The van der Waals surface area contributed by atoms with Gasteiger partial charge in [-0.2, -0.15) is 10.2 Å². The molecule has 0 aliphatic carbocycles. The molecule has 4 heterocycles. The Morgan fingerprint density at radius 3 is 2.63 bits per heavy atom. The molecule has 1 aliphatic rings. The van der Waals surface area contributed by atoms with Gasteiger partial charge in [-0.3, -0.25) is 14.5 Å². The van der Waals surface area contributed by atoms with Crippen LogP contribution in [0, 0.1) is 6.92 Å². The van der Waals surface area contributed by atoms with E-state index in [2.05, 4.69) is 22.2 Å². The number of likely N-dealkylation sites (N-methyl/N-ethyl adjacent to an activating group) is 1. The molecule has 10 heteroatoms. The summed E-state index contributed by atoms with van der Waals surface area (Å²) in [6.07, 6.45) is 5.93. The van der Waals surface area contributed by atoms with Crippen molar-refractivity contribution in [3.05, 3.63) is 69.9 Å². The van der Waals surface area contributed by atoms with Gasteiger partial charge in [0.05, 0.1) is 11.4 Å². The molecule has 1 aromatic carbocycles. The number of carbonyl (C=O) groups excluding carboxylic acids is 1. The van der Waals surface area contributed by atoms with Crippen LogP contribution in [0.15, 0.2) is 53.6 Å². The first kappa shape index (κ1) is 23.3. The molecule has 3 aromatic heterocycles. The van der Waals surface area contributed by atoms with Crippen LogP contribution >= 0.6 is 11.6 Å². The Hall–Kier alpha value is -3.43. The average Bonchev–Trinajstić information content (AvgIpc) is 3.60. The fourth-order valence-electron chi connectivity index (χ4n) is 4.81. The molecule has 1 atom stereocenters. The second-order valence-corrected chi connectivity index (χ2v) is 9.24. The number of likely N-dealkylation sites (tertiary alicyclic amines) is 1. The third-order valence-electron chi connectivity index (χ3n) is 6.58. The van der Waals surface area contributed by atoms with Gasteiger partial charge in [0.1, 0.15) is 17.4 Å². The number of halogens is 1. The monoisotopic (exact) mass is 493 g/mol. The molecule has 0 saturated carbocycles. The normalized spacial score (nSPS) is 16.3. The first-order valence-electron chi connectivity index (χ1n) is 11.9. The smallest absolute Gasteiger partial charge is 0.280 e. The van der Waals surface area contributed by atoms with E-state index in [1.807, 2.05) is 41.2 Å². The van der Waals surface area contributed by atoms with Crippen molar-refractivity contribution in [2.24, 2.45) is 0 Å². The molecule has 4 aromatic rings. The first-order valence-corrected chi connectivity index (χ1v) is 12.2. The summed E-state index contributed by atoms with van der Waals surface area (Å²) < 4.78 is 4.79. The van der Waals surface area contributed by atoms with E-state index in [-0.39, 0.29) is 18.0 Å². The minimum Gasteiger partial charge on any atom is -0.353 e. The third-order valence-corrected chi connectivity index (χ3v) is 6.83. The number of carbonyl (C=O) groups is 1. The SMILES string of the molecule is CCN1CCC[C@@H]1CNC(=O)Cn1nc(C)c2nn(-c3ccc(Cl)cc3)c(-n3cccc3)c2c1=O. The number of benzene rings is 1. The van der Waals surface area contributed by atoms with Crippen LogP contribution in [0.5, 0.6) is 0 Å². The van der Waals surface area contributed by atoms with Gasteiger partial charge in [-0.25, -0.2) is 9.36 Å². The summed E-state index contributed by atoms with van der Waals surface area (Å²) in [4.78, 5) is 28.8. The summed E-state index contributed by atoms with van der Waals surface area (Å²) >= 11 is 6.08. The standard InChI is InChI=1S/C25H28ClN7O2/c1-3-30-14-6-7-20(30)15-27-21(34)16-32-25(35)22-23(17(2)28-32)29-33(19-10-8-18(26)9-11-19)24(22)31-12-4-5-13-31/h4-5,8-13,20H,3,6-7,14-16H2,1-2H3,(H,27,34)/t20-/m1/s1. The first-order chi connectivity index (χ1) is 17.0. The van der Waals surface area contributed by atoms with Crippen molar-refractivity contribution in [3.8, 4) is 11.5 Å². The molecule has 182 valence electrons. The van der Waals surface area contributed by atoms with Crippen molar-refractivity contribution < 1.29 is 4.79 Å². The van der Waals surface area contributed by atoms with Gasteiger partial charge < -0.3 is 9.88 Å². The quantitative estimate of drug-likeness (QED) is 0.427. The van der Waals surface area contributed by atoms with Crippen molar-refractivity contribution >= 4 is 28.4 Å². The molecule has 9 nitrogen and oxygen atoms in total. The van der Waals surface area contributed by atoms with Crippen LogP contribution in [0.2, 0.25) is 5.02 Å². The van der Waals surface area contributed by atoms with Gasteiger partial charge in [0, 0.05) is 30.0 Å². The summed E-state index contributed by atoms with van der Waals surface area (Å²) in [6.45, 7) is 6.39. The predicted octanol–water partition coefficient (Wildman–Crippen LogP) is 2.94. The lowest BCUT2D eigenvalue weighted by atomic mass is 10.2. The number of nitrogens with zero attached hydrogens (tertiary/aromatic N) is 6. The molecule has 0 radical (unpaired) electrons. The van der Waals surface area contributed by atoms with Gasteiger partial charge in [0.2, 0.25) is 5.91 Å². The lowest BCUT2D eigenvalue weighted by Crippen LogP contribution is -2.42. The van der Waals surface area contributed by atoms with Crippen molar-refractivity contribution in [2.45, 2.75) is 39.3 Å². The van der Waals surface area contributed by atoms with Crippen molar-refractivity contribution in [2.75, 3.05) is 19.6 Å². The van der Waals surface area contributed by atoms with Crippen LogP contribution in [0.3, 0.4) is 0 Å². The topological polar surface area (TPSA) is 90.0 Å². The molecule has 1 aliphatic heterocycles. The van der Waals surface area contributed by atoms with E-state index in [1.54, 1.807) is 23.7 Å². The number of amides is 1. The Bertz CT molecular complexity index is 1410. The molecular weight excluding hydrogens is 466 g/mol. The van der Waals surface area contributed by atoms with Gasteiger partial charge >= 0.3 is 0 Å². The van der Waals surface area contributed by atoms with Crippen LogP contribution < -0.4 is 10.9 Å². The maximum atomic E-state index is 13.6. The maximum Gasteiger partial charge on any atom is 0.280 e. The number of fused-ring (bicyclic) bond motifs is 1. The predicted molar refractivity (Wildman–Crippen MR) is 135 cm³/mol. The third kappa shape index (κ3) is 4.49. The molecule has 5 rings (SSSR count). The Morgan fingerprint density at radius 1 is 1.17 bits per heavy atom. The summed E-state index contributed by atoms with van der Waals surface area (Å²) in [5.41, 5.74) is 1.46. The Morgan fingerprint density at radius 2 is 1.91 bits per heavy atom. The summed E-state index contributed by atoms with van der Waals surface area (Å²) in [7, 11) is 0. The summed E-state index contributed by atoms with van der Waals surface area (Å²) in [6, 6.07) is 11.4. The van der Waals surface area contributed by atoms with Crippen LogP contribution in [0.4, 0.5) is 0 Å². The Kier molecular flexibility index (Phi) is 6.44. The highest BCUT2D eigenvalue weighted by Crippen LogP contribution is 2.25. The average molecular weight is 494 g/mol. The Balaban J connectivity index is 1.52. The van der Waals surface area contributed by atoms with E-state index in [4.69, 9.17) is 16.7 Å². The number of aryl methyl sites for hydroxylation is 1. The number of rotatable bonds is 7. The minimum absolute atomic E-state index is 0.147. The lowest BCUT2D eigenvalue weighted by molar-refractivity contribution is -0.122. The van der Waals surface area contributed by atoms with Crippen LogP contribution in [-0.4, -0.2) is 60.6 Å². The van der Waals surface area contributed by atoms with Crippen LogP contribution in [0.1, 0.15) is 25.5 Å². The largest absolute Gasteiger partial charge is 0.353 e. The van der Waals surface area contributed by atoms with Crippen LogP contribution in [0.25, 0.3) is 22.4 Å². The number of aromatic nitrogens is 5. The van der Waals surface area contributed by atoms with Crippen molar-refractivity contribution in [1.82, 2.24) is 34.3 Å². The maximum absolute atomic E-state index is 13.6. The molecule has 0 unspecified atom stereocenters. The molecule has 0 bridgehead atoms. The fourth-order valence-corrected chi connectivity index (χ4v) is 4.94. The highest BCUT2D eigenvalue weighted by Gasteiger charge is 2.25. The molecular formula is C25H28ClN7O2. The van der Waals surface area contributed by atoms with Crippen LogP contribution in [-0.2, 0) is 11.3 Å². The van der Waals surface area contributed by atoms with Gasteiger partial charge in [0.25, 0.3) is 5.56 Å². The molecule has 1 saturated heterocycles. The van der Waals surface area contributed by atoms with Gasteiger partial charge in [-0.05, 0) is 69.3 Å². The Labute approximate surface area is 207 Å². The van der Waals surface area contributed by atoms with E-state index >= 15 is 0 Å². The zero-order chi connectivity index (χ0) is 24.5. The van der Waals surface area contributed by atoms with Crippen molar-refractivity contribution in [1.29, 1.82) is 0 Å². The molecule has 1 amide bonds. The number of hydrogen-bond acceptors (Lipinski definition) is 5. The van der Waals surface area contributed by atoms with E-state index < -0.39 is 0 Å². The number of nitrogens with one attached hydrogen (secondary N) is 1. The zero-order valence-electron chi connectivity index (χ0n) is 19.8. The molecule has 1 N–H and O–H groups in total. The minimum atomic E-state index is -0.360. The number of hydrogen-bond donors (Lipinski definition) is 1. The van der Waals surface area contributed by atoms with E-state index in [0.29, 0.717) is 40.0 Å². The molecule has 0 spiro atoms. The second kappa shape index (κ2) is 9.67. The van der Waals surface area contributed by atoms with Gasteiger partial charge in [-0.1, -0.05) is 18.5 Å². The highest BCUT2D eigenvalue weighted by molar-refractivity contribution is 6.30. The van der Waals surface area contributed by atoms with E-state index in [9.17, 15) is 9.59 Å². The molecule has 35 heavy (non-hydrogen) atoms. The van der Waals surface area contributed by atoms with Crippen molar-refractivity contribution in [3.63, 3.8) is 0 Å². The lowest BCUT2D eigenvalue weighted by Gasteiger charge is -2.22. The highest BCUT2D eigenvalue weighted by atomic mass is 35.5. The fraction of sp³-hybridized carbons (Fsp3) is 0.360. The second-order valence-electron chi connectivity index (χ2n) is 8.80. The van der Waals surface area contributed by atoms with E-state index in [0.717, 1.165) is 31.6 Å². The van der Waals surface area contributed by atoms with Gasteiger partial charge in [0.15, 0.2) is 5.82 Å². The molecule has 1 fully saturated rings. The zero-order valence-corrected chi connectivity index (χ0v) is 20.6. The van der Waals surface area contributed by atoms with E-state index in [1.165, 1.54) is 4.68 Å². The summed E-state index contributed by atoms with van der Waals surface area (Å²) in [5.74, 6) is 0.357.